The lowest BCUT2D eigenvalue weighted by Crippen LogP contribution is -2.05. The Morgan fingerprint density at radius 2 is 2.00 bits per heavy atom. The fourth-order valence-corrected chi connectivity index (χ4v) is 1.68. The van der Waals surface area contributed by atoms with Crippen molar-refractivity contribution in [3.05, 3.63) is 28.8 Å². The second kappa shape index (κ2) is 4.96. The van der Waals surface area contributed by atoms with Gasteiger partial charge < -0.3 is 5.73 Å². The van der Waals surface area contributed by atoms with Crippen molar-refractivity contribution in [3.63, 3.8) is 0 Å². The van der Waals surface area contributed by atoms with Crippen molar-refractivity contribution in [2.24, 2.45) is 0 Å². The second-order valence-electron chi connectivity index (χ2n) is 4.07. The molecule has 0 aliphatic carbocycles. The molecular weight excluding hydrogens is 186 g/mol. The predicted octanol–water partition coefficient (Wildman–Crippen LogP) is 3.26. The number of nitrogen functional groups attached to an aromatic ring is 1. The van der Waals surface area contributed by atoms with Gasteiger partial charge in [-0.1, -0.05) is 19.4 Å². The van der Waals surface area contributed by atoms with E-state index in [-0.39, 0.29) is 5.78 Å². The van der Waals surface area contributed by atoms with Crippen molar-refractivity contribution < 1.29 is 4.79 Å². The maximum absolute atomic E-state index is 11.8. The van der Waals surface area contributed by atoms with Crippen LogP contribution in [0.2, 0.25) is 0 Å². The minimum Gasteiger partial charge on any atom is -0.398 e. The highest BCUT2D eigenvalue weighted by Crippen LogP contribution is 2.21. The Morgan fingerprint density at radius 3 is 2.60 bits per heavy atom. The van der Waals surface area contributed by atoms with E-state index in [9.17, 15) is 4.79 Å². The lowest BCUT2D eigenvalue weighted by Gasteiger charge is -2.08. The van der Waals surface area contributed by atoms with Gasteiger partial charge in [-0.25, -0.2) is 0 Å². The van der Waals surface area contributed by atoms with Crippen LogP contribution in [0.15, 0.2) is 12.1 Å². The van der Waals surface area contributed by atoms with Crippen LogP contribution < -0.4 is 5.73 Å². The van der Waals surface area contributed by atoms with Crippen molar-refractivity contribution in [1.29, 1.82) is 0 Å². The Morgan fingerprint density at radius 1 is 1.33 bits per heavy atom. The molecule has 0 amide bonds. The number of aryl methyl sites for hydroxylation is 2. The molecule has 82 valence electrons. The van der Waals surface area contributed by atoms with Gasteiger partial charge in [0.05, 0.1) is 0 Å². The monoisotopic (exact) mass is 205 g/mol. The van der Waals surface area contributed by atoms with Crippen LogP contribution in [0.3, 0.4) is 0 Å². The molecule has 0 fully saturated rings. The Balaban J connectivity index is 2.98. The average molecular weight is 205 g/mol. The van der Waals surface area contributed by atoms with Crippen LogP contribution in [0, 0.1) is 13.8 Å². The minimum atomic E-state index is 0.168. The molecule has 0 radical (unpaired) electrons. The topological polar surface area (TPSA) is 43.1 Å². The molecule has 0 saturated heterocycles. The van der Waals surface area contributed by atoms with Crippen LogP contribution in [0.5, 0.6) is 0 Å². The summed E-state index contributed by atoms with van der Waals surface area (Å²) in [5.41, 5.74) is 9.33. The third kappa shape index (κ3) is 2.82. The van der Waals surface area contributed by atoms with Crippen molar-refractivity contribution in [3.8, 4) is 0 Å². The van der Waals surface area contributed by atoms with Gasteiger partial charge in [0.15, 0.2) is 5.78 Å². The summed E-state index contributed by atoms with van der Waals surface area (Å²) >= 11 is 0. The van der Waals surface area contributed by atoms with E-state index in [1.807, 2.05) is 26.0 Å². The Hall–Kier alpha value is -1.31. The molecule has 0 aromatic heterocycles. The molecule has 0 saturated carbocycles. The second-order valence-corrected chi connectivity index (χ2v) is 4.07. The van der Waals surface area contributed by atoms with Crippen molar-refractivity contribution in [2.75, 3.05) is 5.73 Å². The molecule has 0 spiro atoms. The van der Waals surface area contributed by atoms with Crippen LogP contribution >= 0.6 is 0 Å². The lowest BCUT2D eigenvalue weighted by molar-refractivity contribution is 0.0980. The zero-order chi connectivity index (χ0) is 11.4. The van der Waals surface area contributed by atoms with Crippen molar-refractivity contribution in [1.82, 2.24) is 0 Å². The van der Waals surface area contributed by atoms with Gasteiger partial charge in [0.25, 0.3) is 0 Å². The SMILES string of the molecule is CCCCC(=O)c1cc(C)cc(C)c1N. The van der Waals surface area contributed by atoms with Gasteiger partial charge >= 0.3 is 0 Å². The summed E-state index contributed by atoms with van der Waals surface area (Å²) in [6.07, 6.45) is 2.57. The third-order valence-electron chi connectivity index (χ3n) is 2.59. The number of nitrogens with two attached hydrogens (primary N) is 1. The lowest BCUT2D eigenvalue weighted by atomic mass is 9.98. The maximum atomic E-state index is 11.8. The van der Waals surface area contributed by atoms with E-state index in [4.69, 9.17) is 5.73 Å². The molecule has 0 heterocycles. The molecule has 0 bridgehead atoms. The number of carbonyl (C=O) groups is 1. The molecule has 1 rings (SSSR count). The average Bonchev–Trinajstić information content (AvgIpc) is 2.19. The Kier molecular flexibility index (Phi) is 3.89. The highest BCUT2D eigenvalue weighted by molar-refractivity contribution is 6.01. The van der Waals surface area contributed by atoms with Gasteiger partial charge in [-0.3, -0.25) is 4.79 Å². The molecule has 2 nitrogen and oxygen atoms in total. The normalized spacial score (nSPS) is 10.3. The molecular formula is C13H19NO. The van der Waals surface area contributed by atoms with Crippen LogP contribution in [-0.2, 0) is 0 Å². The molecule has 0 aliphatic rings. The number of rotatable bonds is 4. The Bertz CT molecular complexity index is 369. The van der Waals surface area contributed by atoms with Crippen molar-refractivity contribution in [2.45, 2.75) is 40.0 Å². The summed E-state index contributed by atoms with van der Waals surface area (Å²) in [5.74, 6) is 0.168. The standard InChI is InChI=1S/C13H19NO/c1-4-5-6-12(15)11-8-9(2)7-10(3)13(11)14/h7-8H,4-6,14H2,1-3H3. The summed E-state index contributed by atoms with van der Waals surface area (Å²) in [6.45, 7) is 6.01. The van der Waals surface area contributed by atoms with E-state index in [1.165, 1.54) is 0 Å². The van der Waals surface area contributed by atoms with Crippen molar-refractivity contribution >= 4 is 11.5 Å². The number of unbranched alkanes of at least 4 members (excludes halogenated alkanes) is 1. The quantitative estimate of drug-likeness (QED) is 0.605. The summed E-state index contributed by atoms with van der Waals surface area (Å²) in [4.78, 5) is 11.8. The van der Waals surface area contributed by atoms with Gasteiger partial charge in [-0.2, -0.15) is 0 Å². The Labute approximate surface area is 91.5 Å². The van der Waals surface area contributed by atoms with Gasteiger partial charge in [0.2, 0.25) is 0 Å². The number of Topliss-reactive ketones (excluding diaryl/α,β-unsaturated/α-hetero) is 1. The van der Waals surface area contributed by atoms with E-state index in [1.54, 1.807) is 0 Å². The van der Waals surface area contributed by atoms with E-state index in [2.05, 4.69) is 6.92 Å². The number of benzene rings is 1. The number of carbonyl (C=O) groups excluding carboxylic acids is 1. The van der Waals surface area contributed by atoms with E-state index >= 15 is 0 Å². The van der Waals surface area contributed by atoms with Gasteiger partial charge in [-0.15, -0.1) is 0 Å². The van der Waals surface area contributed by atoms with E-state index in [0.29, 0.717) is 17.7 Å². The first-order valence-electron chi connectivity index (χ1n) is 5.46. The largest absolute Gasteiger partial charge is 0.398 e. The van der Waals surface area contributed by atoms with Crippen LogP contribution in [0.1, 0.15) is 47.7 Å². The summed E-state index contributed by atoms with van der Waals surface area (Å²) in [6, 6.07) is 3.90. The first-order valence-corrected chi connectivity index (χ1v) is 5.46. The number of hydrogen-bond donors (Lipinski definition) is 1. The first kappa shape index (κ1) is 11.8. The highest BCUT2D eigenvalue weighted by atomic mass is 16.1. The molecule has 1 aromatic rings. The number of hydrogen-bond acceptors (Lipinski definition) is 2. The molecule has 0 atom stereocenters. The molecule has 0 unspecified atom stereocenters. The predicted molar refractivity (Wildman–Crippen MR) is 64.2 cm³/mol. The van der Waals surface area contributed by atoms with Gasteiger partial charge in [-0.05, 0) is 37.5 Å². The zero-order valence-electron chi connectivity index (χ0n) is 9.76. The molecule has 2 N–H and O–H groups in total. The zero-order valence-corrected chi connectivity index (χ0v) is 9.76. The van der Waals surface area contributed by atoms with E-state index < -0.39 is 0 Å². The van der Waals surface area contributed by atoms with E-state index in [0.717, 1.165) is 24.0 Å². The molecule has 2 heteroatoms. The van der Waals surface area contributed by atoms with Crippen LogP contribution in [-0.4, -0.2) is 5.78 Å². The molecule has 1 aromatic carbocycles. The smallest absolute Gasteiger partial charge is 0.164 e. The van der Waals surface area contributed by atoms with Gasteiger partial charge in [0.1, 0.15) is 0 Å². The summed E-state index contributed by atoms with van der Waals surface area (Å²) in [5, 5.41) is 0. The fourth-order valence-electron chi connectivity index (χ4n) is 1.68. The fraction of sp³-hybridized carbons (Fsp3) is 0.462. The van der Waals surface area contributed by atoms with Crippen LogP contribution in [0.4, 0.5) is 5.69 Å². The third-order valence-corrected chi connectivity index (χ3v) is 2.59. The molecule has 0 aliphatic heterocycles. The highest BCUT2D eigenvalue weighted by Gasteiger charge is 2.11. The van der Waals surface area contributed by atoms with Gasteiger partial charge in [0, 0.05) is 17.7 Å². The number of ketones is 1. The summed E-state index contributed by atoms with van der Waals surface area (Å²) < 4.78 is 0. The summed E-state index contributed by atoms with van der Waals surface area (Å²) in [7, 11) is 0. The molecule has 15 heavy (non-hydrogen) atoms. The number of anilines is 1. The maximum Gasteiger partial charge on any atom is 0.164 e. The first-order chi connectivity index (χ1) is 7.06. The minimum absolute atomic E-state index is 0.168. The van der Waals surface area contributed by atoms with Crippen LogP contribution in [0.25, 0.3) is 0 Å².